The van der Waals surface area contributed by atoms with Crippen molar-refractivity contribution in [1.82, 2.24) is 5.32 Å². The Bertz CT molecular complexity index is 1740. The highest BCUT2D eigenvalue weighted by Gasteiger charge is 2.43. The summed E-state index contributed by atoms with van der Waals surface area (Å²) in [7, 11) is -4.05. The number of halogens is 2. The highest BCUT2D eigenvalue weighted by atomic mass is 35.5. The maximum Gasteiger partial charge on any atom is 0.261 e. The molecule has 2 N–H and O–H groups in total. The second kappa shape index (κ2) is 11.5. The number of carbonyl (C=O) groups excluding carboxylic acids is 1. The molecule has 1 fully saturated rings. The van der Waals surface area contributed by atoms with Crippen molar-refractivity contribution in [1.29, 1.82) is 0 Å². The SMILES string of the molecule is O=C(N[C@H]1CC2(CCCC2)Oc2ccccc21)c1cc(Cl)ccc1NS(=O)(=O)c1ccc(Oc2ccccc2Cl)cc1. The molecule has 1 aliphatic carbocycles. The number of nitrogens with one attached hydrogen (secondary N) is 2. The summed E-state index contributed by atoms with van der Waals surface area (Å²) in [6.45, 7) is 0. The van der Waals surface area contributed by atoms with Crippen molar-refractivity contribution in [2.45, 2.75) is 48.6 Å². The van der Waals surface area contributed by atoms with Crippen LogP contribution in [0, 0.1) is 0 Å². The molecule has 216 valence electrons. The lowest BCUT2D eigenvalue weighted by molar-refractivity contribution is 0.0360. The summed E-state index contributed by atoms with van der Waals surface area (Å²) in [5.41, 5.74) is 0.817. The third-order valence-corrected chi connectivity index (χ3v) is 9.61. The monoisotopic (exact) mass is 622 g/mol. The molecule has 0 aromatic heterocycles. The molecule has 6 rings (SSSR count). The molecule has 0 saturated heterocycles. The van der Waals surface area contributed by atoms with Gasteiger partial charge >= 0.3 is 0 Å². The van der Waals surface area contributed by atoms with E-state index in [0.717, 1.165) is 37.0 Å². The minimum absolute atomic E-state index is 0.00292. The number of anilines is 1. The molecular formula is C32H28Cl2N2O5S. The molecule has 1 saturated carbocycles. The van der Waals surface area contributed by atoms with Gasteiger partial charge in [0.1, 0.15) is 22.8 Å². The van der Waals surface area contributed by atoms with Gasteiger partial charge in [0.2, 0.25) is 0 Å². The highest BCUT2D eigenvalue weighted by molar-refractivity contribution is 7.92. The standard InChI is InChI=1S/C32H28Cl2N2O5S/c33-21-11-16-27(36-42(38,39)23-14-12-22(13-15-23)40-30-10-4-2-8-26(30)34)25(19-21)31(37)35-28-20-32(17-5-6-18-32)41-29-9-3-1-7-24(28)29/h1-4,7-16,19,28,36H,5-6,17-18,20H2,(H,35,37)/t28-/m0/s1. The lowest BCUT2D eigenvalue weighted by Crippen LogP contribution is -2.43. The van der Waals surface area contributed by atoms with Crippen LogP contribution in [0.5, 0.6) is 17.2 Å². The van der Waals surface area contributed by atoms with Crippen LogP contribution in [0.2, 0.25) is 10.0 Å². The minimum atomic E-state index is -4.05. The second-order valence-corrected chi connectivity index (χ2v) is 13.1. The van der Waals surface area contributed by atoms with Gasteiger partial charge in [-0.05, 0) is 86.3 Å². The van der Waals surface area contributed by atoms with Crippen LogP contribution in [0.3, 0.4) is 0 Å². The van der Waals surface area contributed by atoms with Crippen molar-refractivity contribution in [2.75, 3.05) is 4.72 Å². The van der Waals surface area contributed by atoms with Gasteiger partial charge < -0.3 is 14.8 Å². The van der Waals surface area contributed by atoms with Gasteiger partial charge in [-0.1, -0.05) is 53.5 Å². The lowest BCUT2D eigenvalue weighted by Gasteiger charge is -2.40. The summed E-state index contributed by atoms with van der Waals surface area (Å²) in [4.78, 5) is 13.7. The number of fused-ring (bicyclic) bond motifs is 1. The molecule has 0 bridgehead atoms. The smallest absolute Gasteiger partial charge is 0.261 e. The number of carbonyl (C=O) groups is 1. The van der Waals surface area contributed by atoms with Gasteiger partial charge in [-0.15, -0.1) is 0 Å². The van der Waals surface area contributed by atoms with Gasteiger partial charge in [0.15, 0.2) is 0 Å². The largest absolute Gasteiger partial charge is 0.487 e. The Hall–Kier alpha value is -3.72. The Kier molecular flexibility index (Phi) is 7.79. The number of hydrogen-bond acceptors (Lipinski definition) is 5. The minimum Gasteiger partial charge on any atom is -0.487 e. The number of sulfonamides is 1. The fraction of sp³-hybridized carbons (Fsp3) is 0.219. The predicted molar refractivity (Wildman–Crippen MR) is 163 cm³/mol. The summed E-state index contributed by atoms with van der Waals surface area (Å²) in [5, 5.41) is 3.88. The number of amides is 1. The Morgan fingerprint density at radius 3 is 2.38 bits per heavy atom. The van der Waals surface area contributed by atoms with E-state index in [1.807, 2.05) is 24.3 Å². The van der Waals surface area contributed by atoms with Crippen LogP contribution in [-0.4, -0.2) is 19.9 Å². The van der Waals surface area contributed by atoms with Crippen molar-refractivity contribution >= 4 is 44.8 Å². The zero-order valence-corrected chi connectivity index (χ0v) is 24.8. The van der Waals surface area contributed by atoms with Crippen LogP contribution in [0.25, 0.3) is 0 Å². The van der Waals surface area contributed by atoms with Crippen molar-refractivity contribution in [3.8, 4) is 17.2 Å². The average Bonchev–Trinajstić information content (AvgIpc) is 3.42. The van der Waals surface area contributed by atoms with Gasteiger partial charge in [0.25, 0.3) is 15.9 Å². The van der Waals surface area contributed by atoms with Gasteiger partial charge in [0, 0.05) is 17.0 Å². The summed E-state index contributed by atoms with van der Waals surface area (Å²) in [5.74, 6) is 1.21. The number of rotatable bonds is 7. The van der Waals surface area contributed by atoms with Gasteiger partial charge in [0.05, 0.1) is 27.2 Å². The van der Waals surface area contributed by atoms with E-state index in [1.54, 1.807) is 24.3 Å². The Morgan fingerprint density at radius 1 is 0.905 bits per heavy atom. The zero-order valence-electron chi connectivity index (χ0n) is 22.5. The van der Waals surface area contributed by atoms with E-state index < -0.39 is 15.9 Å². The van der Waals surface area contributed by atoms with Gasteiger partial charge in [-0.3, -0.25) is 9.52 Å². The molecular weight excluding hydrogens is 595 g/mol. The van der Waals surface area contributed by atoms with E-state index in [2.05, 4.69) is 10.0 Å². The Balaban J connectivity index is 1.23. The van der Waals surface area contributed by atoms with E-state index in [0.29, 0.717) is 28.0 Å². The first kappa shape index (κ1) is 28.4. The van der Waals surface area contributed by atoms with E-state index >= 15 is 0 Å². The molecule has 0 radical (unpaired) electrons. The molecule has 10 heteroatoms. The van der Waals surface area contributed by atoms with E-state index in [9.17, 15) is 13.2 Å². The van der Waals surface area contributed by atoms with E-state index in [1.165, 1.54) is 42.5 Å². The van der Waals surface area contributed by atoms with Gasteiger partial charge in [-0.2, -0.15) is 0 Å². The molecule has 1 aliphatic heterocycles. The molecule has 7 nitrogen and oxygen atoms in total. The van der Waals surface area contributed by atoms with Crippen molar-refractivity contribution < 1.29 is 22.7 Å². The Labute approximate surface area is 254 Å². The molecule has 0 unspecified atom stereocenters. The van der Waals surface area contributed by atoms with Crippen LogP contribution < -0.4 is 19.5 Å². The van der Waals surface area contributed by atoms with Gasteiger partial charge in [-0.25, -0.2) is 8.42 Å². The molecule has 1 atom stereocenters. The van der Waals surface area contributed by atoms with Crippen LogP contribution >= 0.6 is 23.2 Å². The molecule has 4 aromatic carbocycles. The molecule has 4 aromatic rings. The normalized spacial score (nSPS) is 17.2. The fourth-order valence-corrected chi connectivity index (χ4v) is 7.07. The first-order chi connectivity index (χ1) is 20.2. The molecule has 1 heterocycles. The third-order valence-electron chi connectivity index (χ3n) is 7.69. The second-order valence-electron chi connectivity index (χ2n) is 10.6. The summed E-state index contributed by atoms with van der Waals surface area (Å²) in [6.07, 6.45) is 4.66. The maximum absolute atomic E-state index is 13.7. The highest BCUT2D eigenvalue weighted by Crippen LogP contribution is 2.47. The zero-order chi connectivity index (χ0) is 29.3. The predicted octanol–water partition coefficient (Wildman–Crippen LogP) is 8.15. The summed E-state index contributed by atoms with van der Waals surface area (Å²) < 4.78 is 41.5. The summed E-state index contributed by atoms with van der Waals surface area (Å²) in [6, 6.07) is 24.8. The summed E-state index contributed by atoms with van der Waals surface area (Å²) >= 11 is 12.4. The number of hydrogen-bond donors (Lipinski definition) is 2. The van der Waals surface area contributed by atoms with E-state index in [4.69, 9.17) is 32.7 Å². The van der Waals surface area contributed by atoms with Crippen LogP contribution in [-0.2, 0) is 10.0 Å². The fourth-order valence-electron chi connectivity index (χ4n) is 5.65. The van der Waals surface area contributed by atoms with Crippen molar-refractivity contribution in [3.05, 3.63) is 112 Å². The van der Waals surface area contributed by atoms with Crippen molar-refractivity contribution in [2.24, 2.45) is 0 Å². The maximum atomic E-state index is 13.7. The van der Waals surface area contributed by atoms with Crippen LogP contribution in [0.15, 0.2) is 95.9 Å². The van der Waals surface area contributed by atoms with Crippen LogP contribution in [0.4, 0.5) is 5.69 Å². The van der Waals surface area contributed by atoms with E-state index in [-0.39, 0.29) is 27.8 Å². The molecule has 42 heavy (non-hydrogen) atoms. The number of para-hydroxylation sites is 2. The molecule has 1 spiro atoms. The quantitative estimate of drug-likeness (QED) is 0.217. The first-order valence-corrected chi connectivity index (χ1v) is 15.9. The number of benzene rings is 4. The van der Waals surface area contributed by atoms with Crippen LogP contribution in [0.1, 0.15) is 54.1 Å². The third kappa shape index (κ3) is 5.93. The first-order valence-electron chi connectivity index (χ1n) is 13.7. The molecule has 1 amide bonds. The lowest BCUT2D eigenvalue weighted by atomic mass is 9.85. The Morgan fingerprint density at radius 2 is 1.62 bits per heavy atom. The number of ether oxygens (including phenoxy) is 2. The topological polar surface area (TPSA) is 93.7 Å². The molecule has 2 aliphatic rings. The average molecular weight is 624 g/mol. The van der Waals surface area contributed by atoms with Crippen molar-refractivity contribution in [3.63, 3.8) is 0 Å².